The lowest BCUT2D eigenvalue weighted by molar-refractivity contribution is -0.114. The summed E-state index contributed by atoms with van der Waals surface area (Å²) in [6, 6.07) is -0.517. The number of hydrogen-bond donors (Lipinski definition) is 3. The molecule has 18 heavy (non-hydrogen) atoms. The third kappa shape index (κ3) is 1.85. The van der Waals surface area contributed by atoms with E-state index in [0.717, 1.165) is 12.8 Å². The van der Waals surface area contributed by atoms with Gasteiger partial charge in [0.1, 0.15) is 0 Å². The Morgan fingerprint density at radius 3 is 3.11 bits per heavy atom. The highest BCUT2D eigenvalue weighted by atomic mass is 32.2. The molecule has 4 unspecified atom stereocenters. The van der Waals surface area contributed by atoms with Crippen LogP contribution in [-0.4, -0.2) is 43.2 Å². The van der Waals surface area contributed by atoms with E-state index in [9.17, 15) is 8.42 Å². The second-order valence-corrected chi connectivity index (χ2v) is 6.46. The molecule has 1 saturated heterocycles. The number of H-pyrrole nitrogens is 1. The van der Waals surface area contributed by atoms with Gasteiger partial charge in [0.15, 0.2) is 5.03 Å². The SMILES string of the molecule is NC1C2CCCOC2C1NS(=O)(=O)c1cnc[nH]1. The third-order valence-electron chi connectivity index (χ3n) is 3.73. The molecule has 100 valence electrons. The largest absolute Gasteiger partial charge is 0.376 e. The van der Waals surface area contributed by atoms with E-state index < -0.39 is 10.0 Å². The summed E-state index contributed by atoms with van der Waals surface area (Å²) in [5, 5.41) is 0.0500. The van der Waals surface area contributed by atoms with E-state index in [1.165, 1.54) is 12.5 Å². The molecule has 0 spiro atoms. The van der Waals surface area contributed by atoms with Crippen LogP contribution in [0.25, 0.3) is 0 Å². The summed E-state index contributed by atoms with van der Waals surface area (Å²) in [4.78, 5) is 6.28. The molecule has 0 bridgehead atoms. The van der Waals surface area contributed by atoms with Gasteiger partial charge in [0.2, 0.25) is 0 Å². The van der Waals surface area contributed by atoms with Crippen LogP contribution in [0, 0.1) is 5.92 Å². The van der Waals surface area contributed by atoms with Gasteiger partial charge >= 0.3 is 0 Å². The highest BCUT2D eigenvalue weighted by Gasteiger charge is 2.52. The summed E-state index contributed by atoms with van der Waals surface area (Å²) < 4.78 is 32.2. The quantitative estimate of drug-likeness (QED) is 0.667. The Hall–Kier alpha value is -0.960. The van der Waals surface area contributed by atoms with Crippen molar-refractivity contribution in [3.05, 3.63) is 12.5 Å². The molecule has 4 N–H and O–H groups in total. The number of nitrogens with one attached hydrogen (secondary N) is 2. The van der Waals surface area contributed by atoms with Crippen LogP contribution >= 0.6 is 0 Å². The van der Waals surface area contributed by atoms with Crippen LogP contribution in [0.15, 0.2) is 17.6 Å². The van der Waals surface area contributed by atoms with Crippen LogP contribution in [0.2, 0.25) is 0 Å². The van der Waals surface area contributed by atoms with E-state index >= 15 is 0 Å². The molecule has 0 amide bonds. The van der Waals surface area contributed by atoms with Crippen LogP contribution in [0.4, 0.5) is 0 Å². The van der Waals surface area contributed by atoms with E-state index in [2.05, 4.69) is 14.7 Å². The lowest BCUT2D eigenvalue weighted by Crippen LogP contribution is -2.71. The number of nitrogens with zero attached hydrogens (tertiary/aromatic N) is 1. The first-order valence-electron chi connectivity index (χ1n) is 5.97. The Morgan fingerprint density at radius 1 is 1.56 bits per heavy atom. The number of sulfonamides is 1. The Balaban J connectivity index is 1.74. The molecular formula is C10H16N4O3S. The van der Waals surface area contributed by atoms with Crippen molar-refractivity contribution < 1.29 is 13.2 Å². The average molecular weight is 272 g/mol. The first-order chi connectivity index (χ1) is 8.59. The van der Waals surface area contributed by atoms with Crippen LogP contribution in [-0.2, 0) is 14.8 Å². The Labute approximate surface area is 105 Å². The van der Waals surface area contributed by atoms with E-state index in [-0.39, 0.29) is 29.1 Å². The average Bonchev–Trinajstić information content (AvgIpc) is 2.90. The highest BCUT2D eigenvalue weighted by Crippen LogP contribution is 2.37. The molecule has 7 nitrogen and oxygen atoms in total. The molecule has 0 radical (unpaired) electrons. The number of aromatic nitrogens is 2. The van der Waals surface area contributed by atoms with Gasteiger partial charge in [0, 0.05) is 18.6 Å². The Morgan fingerprint density at radius 2 is 2.39 bits per heavy atom. The molecule has 1 aromatic rings. The topological polar surface area (TPSA) is 110 Å². The monoisotopic (exact) mass is 272 g/mol. The van der Waals surface area contributed by atoms with Crippen molar-refractivity contribution in [3.8, 4) is 0 Å². The number of fused-ring (bicyclic) bond motifs is 1. The molecule has 1 saturated carbocycles. The lowest BCUT2D eigenvalue weighted by atomic mass is 9.69. The minimum Gasteiger partial charge on any atom is -0.376 e. The molecule has 8 heteroatoms. The molecule has 0 aromatic carbocycles. The summed E-state index contributed by atoms with van der Waals surface area (Å²) in [5.41, 5.74) is 6.01. The number of ether oxygens (including phenoxy) is 1. The van der Waals surface area contributed by atoms with Gasteiger partial charge in [-0.15, -0.1) is 0 Å². The fraction of sp³-hybridized carbons (Fsp3) is 0.700. The summed E-state index contributed by atoms with van der Waals surface area (Å²) in [6.45, 7) is 0.677. The predicted octanol–water partition coefficient (Wildman–Crippen LogP) is -0.807. The van der Waals surface area contributed by atoms with Gasteiger partial charge in [-0.1, -0.05) is 0 Å². The third-order valence-corrected chi connectivity index (χ3v) is 5.12. The normalized spacial score (nSPS) is 35.8. The first kappa shape index (κ1) is 12.1. The Kier molecular flexibility index (Phi) is 2.89. The minimum atomic E-state index is -3.59. The summed E-state index contributed by atoms with van der Waals surface area (Å²) in [6.07, 6.45) is 4.51. The summed E-state index contributed by atoms with van der Waals surface area (Å²) in [7, 11) is -3.59. The fourth-order valence-electron chi connectivity index (χ4n) is 2.73. The van der Waals surface area contributed by atoms with Crippen LogP contribution in [0.5, 0.6) is 0 Å². The van der Waals surface area contributed by atoms with Crippen LogP contribution in [0.3, 0.4) is 0 Å². The van der Waals surface area contributed by atoms with Gasteiger partial charge in [-0.25, -0.2) is 18.1 Å². The van der Waals surface area contributed by atoms with Gasteiger partial charge in [-0.3, -0.25) is 0 Å². The fourth-order valence-corrected chi connectivity index (χ4v) is 3.91. The van der Waals surface area contributed by atoms with Crippen molar-refractivity contribution in [2.45, 2.75) is 36.1 Å². The number of hydrogen-bond acceptors (Lipinski definition) is 5. The van der Waals surface area contributed by atoms with Gasteiger partial charge in [0.05, 0.1) is 24.7 Å². The van der Waals surface area contributed by atoms with Crippen molar-refractivity contribution in [3.63, 3.8) is 0 Å². The van der Waals surface area contributed by atoms with Crippen molar-refractivity contribution in [1.29, 1.82) is 0 Å². The number of nitrogens with two attached hydrogens (primary N) is 1. The molecular weight excluding hydrogens is 256 g/mol. The maximum atomic E-state index is 12.0. The number of imidazole rings is 1. The summed E-state index contributed by atoms with van der Waals surface area (Å²) >= 11 is 0. The highest BCUT2D eigenvalue weighted by molar-refractivity contribution is 7.89. The standard InChI is InChI=1S/C10H16N4O3S/c11-8-6-2-1-3-17-10(6)9(8)14-18(15,16)7-4-12-5-13-7/h4-6,8-10,14H,1-3,11H2,(H,12,13). The van der Waals surface area contributed by atoms with E-state index in [4.69, 9.17) is 10.5 Å². The van der Waals surface area contributed by atoms with E-state index in [1.54, 1.807) is 0 Å². The zero-order chi connectivity index (χ0) is 12.8. The second kappa shape index (κ2) is 4.30. The lowest BCUT2D eigenvalue weighted by Gasteiger charge is -2.52. The van der Waals surface area contributed by atoms with Crippen molar-refractivity contribution >= 4 is 10.0 Å². The minimum absolute atomic E-state index is 0.0500. The second-order valence-electron chi connectivity index (χ2n) is 4.78. The molecule has 1 aliphatic heterocycles. The zero-order valence-electron chi connectivity index (χ0n) is 9.74. The predicted molar refractivity (Wildman–Crippen MR) is 63.1 cm³/mol. The maximum absolute atomic E-state index is 12.0. The van der Waals surface area contributed by atoms with E-state index in [1.807, 2.05) is 0 Å². The first-order valence-corrected chi connectivity index (χ1v) is 7.46. The smallest absolute Gasteiger partial charge is 0.258 e. The molecule has 3 rings (SSSR count). The van der Waals surface area contributed by atoms with Gasteiger partial charge < -0.3 is 15.5 Å². The van der Waals surface area contributed by atoms with Crippen molar-refractivity contribution in [1.82, 2.24) is 14.7 Å². The molecule has 2 aliphatic rings. The maximum Gasteiger partial charge on any atom is 0.258 e. The molecule has 1 aliphatic carbocycles. The van der Waals surface area contributed by atoms with Crippen molar-refractivity contribution in [2.24, 2.45) is 11.7 Å². The Bertz CT molecular complexity index is 515. The van der Waals surface area contributed by atoms with Crippen molar-refractivity contribution in [2.75, 3.05) is 6.61 Å². The summed E-state index contributed by atoms with van der Waals surface area (Å²) in [5.74, 6) is 0.271. The zero-order valence-corrected chi connectivity index (χ0v) is 10.6. The molecule has 4 atom stereocenters. The van der Waals surface area contributed by atoms with Gasteiger partial charge in [-0.2, -0.15) is 0 Å². The molecule has 2 heterocycles. The van der Waals surface area contributed by atoms with Crippen LogP contribution in [0.1, 0.15) is 12.8 Å². The van der Waals surface area contributed by atoms with Gasteiger partial charge in [-0.05, 0) is 12.8 Å². The van der Waals surface area contributed by atoms with Crippen LogP contribution < -0.4 is 10.5 Å². The molecule has 1 aromatic heterocycles. The molecule has 2 fully saturated rings. The van der Waals surface area contributed by atoms with E-state index in [0.29, 0.717) is 6.61 Å². The number of aromatic amines is 1. The van der Waals surface area contributed by atoms with Gasteiger partial charge in [0.25, 0.3) is 10.0 Å². The number of rotatable bonds is 3.